The Labute approximate surface area is 140 Å². The molecule has 3 N–H and O–H groups in total. The lowest BCUT2D eigenvalue weighted by atomic mass is 10.2. The minimum absolute atomic E-state index is 0.0396. The van der Waals surface area contributed by atoms with Crippen LogP contribution in [-0.4, -0.2) is 24.9 Å². The highest BCUT2D eigenvalue weighted by atomic mass is 19.1. The molecule has 0 saturated carbocycles. The van der Waals surface area contributed by atoms with E-state index in [0.717, 1.165) is 6.42 Å². The van der Waals surface area contributed by atoms with Gasteiger partial charge in [0.1, 0.15) is 5.82 Å². The Kier molecular flexibility index (Phi) is 6.31. The van der Waals surface area contributed by atoms with Crippen molar-refractivity contribution < 1.29 is 14.0 Å². The Balaban J connectivity index is 1.89. The first-order valence-corrected chi connectivity index (χ1v) is 7.76. The van der Waals surface area contributed by atoms with Crippen molar-refractivity contribution in [3.05, 3.63) is 59.9 Å². The number of rotatable bonds is 7. The van der Waals surface area contributed by atoms with Gasteiger partial charge in [-0.25, -0.2) is 4.39 Å². The first kappa shape index (κ1) is 17.5. The Hall–Kier alpha value is -2.89. The molecule has 24 heavy (non-hydrogen) atoms. The molecule has 0 aliphatic heterocycles. The van der Waals surface area contributed by atoms with E-state index in [1.54, 1.807) is 36.4 Å². The molecular weight excluding hydrogens is 309 g/mol. The van der Waals surface area contributed by atoms with Crippen LogP contribution in [0.15, 0.2) is 48.5 Å². The van der Waals surface area contributed by atoms with Gasteiger partial charge < -0.3 is 16.0 Å². The largest absolute Gasteiger partial charge is 0.376 e. The van der Waals surface area contributed by atoms with Gasteiger partial charge in [-0.3, -0.25) is 9.59 Å². The van der Waals surface area contributed by atoms with Crippen LogP contribution in [0.2, 0.25) is 0 Å². The number of benzene rings is 2. The summed E-state index contributed by atoms with van der Waals surface area (Å²) in [5.74, 6) is -0.758. The maximum Gasteiger partial charge on any atom is 0.251 e. The number of carbonyl (C=O) groups excluding carboxylic acids is 2. The quantitative estimate of drug-likeness (QED) is 0.731. The minimum Gasteiger partial charge on any atom is -0.376 e. The molecule has 0 radical (unpaired) electrons. The van der Waals surface area contributed by atoms with Gasteiger partial charge in [-0.15, -0.1) is 0 Å². The first-order valence-electron chi connectivity index (χ1n) is 7.76. The average molecular weight is 329 g/mol. The topological polar surface area (TPSA) is 70.2 Å². The highest BCUT2D eigenvalue weighted by Crippen LogP contribution is 2.11. The molecule has 0 saturated heterocycles. The predicted molar refractivity (Wildman–Crippen MR) is 92.6 cm³/mol. The third kappa shape index (κ3) is 5.39. The second-order valence-corrected chi connectivity index (χ2v) is 5.25. The number of halogens is 1. The van der Waals surface area contributed by atoms with Gasteiger partial charge in [0.25, 0.3) is 5.91 Å². The molecule has 0 fully saturated rings. The molecule has 0 spiro atoms. The third-order valence-electron chi connectivity index (χ3n) is 3.24. The van der Waals surface area contributed by atoms with E-state index in [0.29, 0.717) is 23.5 Å². The molecule has 0 bridgehead atoms. The molecule has 2 rings (SSSR count). The standard InChI is InChI=1S/C18H20FN3O2/c1-2-10-20-18(24)13-4-3-5-16(11-13)22-17(23)12-21-15-8-6-14(19)7-9-15/h3-9,11,21H,2,10,12H2,1H3,(H,20,24)(H,22,23). The van der Waals surface area contributed by atoms with E-state index in [1.165, 1.54) is 12.1 Å². The van der Waals surface area contributed by atoms with Crippen LogP contribution in [0.4, 0.5) is 15.8 Å². The molecule has 2 amide bonds. The summed E-state index contributed by atoms with van der Waals surface area (Å²) in [7, 11) is 0. The summed E-state index contributed by atoms with van der Waals surface area (Å²) in [4.78, 5) is 23.9. The smallest absolute Gasteiger partial charge is 0.251 e. The second-order valence-electron chi connectivity index (χ2n) is 5.25. The molecule has 126 valence electrons. The molecule has 0 unspecified atom stereocenters. The molecule has 0 aromatic heterocycles. The summed E-state index contributed by atoms with van der Waals surface area (Å²) in [5, 5.41) is 8.40. The predicted octanol–water partition coefficient (Wildman–Crippen LogP) is 3.02. The molecule has 2 aromatic carbocycles. The van der Waals surface area contributed by atoms with Crippen molar-refractivity contribution in [3.63, 3.8) is 0 Å². The van der Waals surface area contributed by atoms with Gasteiger partial charge in [0.15, 0.2) is 0 Å². The second kappa shape index (κ2) is 8.67. The molecule has 2 aromatic rings. The molecular formula is C18H20FN3O2. The highest BCUT2D eigenvalue weighted by molar-refractivity contribution is 5.98. The average Bonchev–Trinajstić information content (AvgIpc) is 2.59. The van der Waals surface area contributed by atoms with Crippen LogP contribution in [0, 0.1) is 5.82 Å². The van der Waals surface area contributed by atoms with Crippen molar-refractivity contribution in [2.45, 2.75) is 13.3 Å². The minimum atomic E-state index is -0.330. The Morgan fingerprint density at radius 1 is 1.04 bits per heavy atom. The lowest BCUT2D eigenvalue weighted by molar-refractivity contribution is -0.114. The molecule has 6 heteroatoms. The van der Waals surface area contributed by atoms with Crippen LogP contribution in [0.25, 0.3) is 0 Å². The summed E-state index contributed by atoms with van der Waals surface area (Å²) in [6, 6.07) is 12.5. The summed E-state index contributed by atoms with van der Waals surface area (Å²) in [6.07, 6.45) is 0.858. The number of anilines is 2. The lowest BCUT2D eigenvalue weighted by Crippen LogP contribution is -2.24. The van der Waals surface area contributed by atoms with Gasteiger partial charge >= 0.3 is 0 Å². The van der Waals surface area contributed by atoms with Gasteiger partial charge in [-0.2, -0.15) is 0 Å². The maximum atomic E-state index is 12.8. The summed E-state index contributed by atoms with van der Waals surface area (Å²) >= 11 is 0. The van der Waals surface area contributed by atoms with Crippen molar-refractivity contribution in [3.8, 4) is 0 Å². The maximum absolute atomic E-state index is 12.8. The van der Waals surface area contributed by atoms with Crippen LogP contribution in [0.1, 0.15) is 23.7 Å². The monoisotopic (exact) mass is 329 g/mol. The summed E-state index contributed by atoms with van der Waals surface area (Å²) in [6.45, 7) is 2.62. The van der Waals surface area contributed by atoms with Crippen molar-refractivity contribution in [2.24, 2.45) is 0 Å². The van der Waals surface area contributed by atoms with Crippen molar-refractivity contribution in [2.75, 3.05) is 23.7 Å². The fourth-order valence-electron chi connectivity index (χ4n) is 2.03. The van der Waals surface area contributed by atoms with Crippen LogP contribution < -0.4 is 16.0 Å². The molecule has 0 aliphatic carbocycles. The first-order chi connectivity index (χ1) is 11.6. The van der Waals surface area contributed by atoms with E-state index in [-0.39, 0.29) is 24.2 Å². The van der Waals surface area contributed by atoms with E-state index in [9.17, 15) is 14.0 Å². The van der Waals surface area contributed by atoms with E-state index >= 15 is 0 Å². The SMILES string of the molecule is CCCNC(=O)c1cccc(NC(=O)CNc2ccc(F)cc2)c1. The normalized spacial score (nSPS) is 10.1. The molecule has 0 aliphatic rings. The van der Waals surface area contributed by atoms with Crippen molar-refractivity contribution in [1.82, 2.24) is 5.32 Å². The van der Waals surface area contributed by atoms with E-state index < -0.39 is 0 Å². The number of nitrogens with one attached hydrogen (secondary N) is 3. The van der Waals surface area contributed by atoms with Gasteiger partial charge in [0.2, 0.25) is 5.91 Å². The van der Waals surface area contributed by atoms with Gasteiger partial charge in [-0.05, 0) is 48.9 Å². The van der Waals surface area contributed by atoms with Gasteiger partial charge in [0.05, 0.1) is 6.54 Å². The number of hydrogen-bond donors (Lipinski definition) is 3. The third-order valence-corrected chi connectivity index (χ3v) is 3.24. The number of hydrogen-bond acceptors (Lipinski definition) is 3. The number of amides is 2. The summed E-state index contributed by atoms with van der Waals surface area (Å²) < 4.78 is 12.8. The van der Waals surface area contributed by atoms with Crippen LogP contribution in [0.5, 0.6) is 0 Å². The van der Waals surface area contributed by atoms with Crippen molar-refractivity contribution >= 4 is 23.2 Å². The highest BCUT2D eigenvalue weighted by Gasteiger charge is 2.07. The summed E-state index contributed by atoms with van der Waals surface area (Å²) in [5.41, 5.74) is 1.69. The van der Waals surface area contributed by atoms with E-state index in [2.05, 4.69) is 16.0 Å². The van der Waals surface area contributed by atoms with Crippen LogP contribution in [0.3, 0.4) is 0 Å². The van der Waals surface area contributed by atoms with Crippen LogP contribution in [-0.2, 0) is 4.79 Å². The Bertz CT molecular complexity index is 702. The number of carbonyl (C=O) groups is 2. The fourth-order valence-corrected chi connectivity index (χ4v) is 2.03. The zero-order valence-electron chi connectivity index (χ0n) is 13.4. The lowest BCUT2D eigenvalue weighted by Gasteiger charge is -2.09. The zero-order valence-corrected chi connectivity index (χ0v) is 13.4. The molecule has 0 atom stereocenters. The Morgan fingerprint density at radius 2 is 1.79 bits per heavy atom. The van der Waals surface area contributed by atoms with E-state index in [1.807, 2.05) is 6.92 Å². The molecule has 5 nitrogen and oxygen atoms in total. The van der Waals surface area contributed by atoms with Crippen molar-refractivity contribution in [1.29, 1.82) is 0 Å². The van der Waals surface area contributed by atoms with E-state index in [4.69, 9.17) is 0 Å². The zero-order chi connectivity index (χ0) is 17.4. The fraction of sp³-hybridized carbons (Fsp3) is 0.222. The molecule has 0 heterocycles. The van der Waals surface area contributed by atoms with Crippen LogP contribution >= 0.6 is 0 Å². The van der Waals surface area contributed by atoms with Gasteiger partial charge in [0, 0.05) is 23.5 Å². The Morgan fingerprint density at radius 3 is 2.50 bits per heavy atom. The van der Waals surface area contributed by atoms with Gasteiger partial charge in [-0.1, -0.05) is 13.0 Å².